The first kappa shape index (κ1) is 68.2. The number of hydrogen-bond donors (Lipinski definition) is 0. The average molecular weight is 988 g/mol. The molecule has 0 heterocycles. The summed E-state index contributed by atoms with van der Waals surface area (Å²) in [5.41, 5.74) is 0. The Morgan fingerprint density at radius 1 is 0.271 bits per heavy atom. The Morgan fingerprint density at radius 3 is 0.714 bits per heavy atom. The molecule has 0 saturated heterocycles. The van der Waals surface area contributed by atoms with E-state index in [2.05, 4.69) is 32.9 Å². The number of allylic oxidation sites excluding steroid dienone is 2. The first-order valence-electron chi connectivity index (χ1n) is 31.7. The van der Waals surface area contributed by atoms with Gasteiger partial charge in [0, 0.05) is 19.3 Å². The molecule has 0 radical (unpaired) electrons. The van der Waals surface area contributed by atoms with Gasteiger partial charge in [0.25, 0.3) is 0 Å². The van der Waals surface area contributed by atoms with Crippen molar-refractivity contribution in [1.29, 1.82) is 0 Å². The van der Waals surface area contributed by atoms with Crippen molar-refractivity contribution < 1.29 is 28.6 Å². The highest BCUT2D eigenvalue weighted by Crippen LogP contribution is 2.18. The molecule has 70 heavy (non-hydrogen) atoms. The smallest absolute Gasteiger partial charge is 0.306 e. The number of hydrogen-bond acceptors (Lipinski definition) is 6. The van der Waals surface area contributed by atoms with Gasteiger partial charge in [0.1, 0.15) is 13.2 Å². The molecule has 0 bridgehead atoms. The molecule has 0 aliphatic heterocycles. The zero-order valence-electron chi connectivity index (χ0n) is 47.6. The van der Waals surface area contributed by atoms with E-state index in [0.717, 1.165) is 64.2 Å². The third kappa shape index (κ3) is 57.1. The fourth-order valence-electron chi connectivity index (χ4n) is 9.74. The molecule has 0 fully saturated rings. The molecule has 0 aromatic heterocycles. The molecule has 1 atom stereocenters. The summed E-state index contributed by atoms with van der Waals surface area (Å²) in [5, 5.41) is 0. The number of rotatable bonds is 59. The Morgan fingerprint density at radius 2 is 0.471 bits per heavy atom. The van der Waals surface area contributed by atoms with E-state index in [0.29, 0.717) is 19.3 Å². The molecule has 0 aliphatic carbocycles. The maximum absolute atomic E-state index is 12.8. The van der Waals surface area contributed by atoms with Gasteiger partial charge in [0.05, 0.1) is 0 Å². The molecule has 414 valence electrons. The normalized spacial score (nSPS) is 12.0. The third-order valence-corrected chi connectivity index (χ3v) is 14.5. The number of unbranched alkanes of at least 4 members (excludes halogenated alkanes) is 46. The second-order valence-corrected chi connectivity index (χ2v) is 21.7. The second kappa shape index (κ2) is 59.7. The van der Waals surface area contributed by atoms with E-state index < -0.39 is 6.10 Å². The third-order valence-electron chi connectivity index (χ3n) is 14.5. The minimum atomic E-state index is -0.762. The van der Waals surface area contributed by atoms with Crippen LogP contribution in [0.5, 0.6) is 0 Å². The summed E-state index contributed by atoms with van der Waals surface area (Å²) in [6.07, 6.45) is 69.9. The van der Waals surface area contributed by atoms with Crippen molar-refractivity contribution in [2.45, 2.75) is 367 Å². The average Bonchev–Trinajstić information content (AvgIpc) is 3.36. The maximum atomic E-state index is 12.8. The Kier molecular flexibility index (Phi) is 58.1. The van der Waals surface area contributed by atoms with Gasteiger partial charge in [-0.1, -0.05) is 309 Å². The van der Waals surface area contributed by atoms with Crippen LogP contribution < -0.4 is 0 Å². The van der Waals surface area contributed by atoms with Crippen LogP contribution in [0.1, 0.15) is 361 Å². The van der Waals surface area contributed by atoms with Crippen LogP contribution in [0, 0.1) is 0 Å². The quantitative estimate of drug-likeness (QED) is 0.0261. The van der Waals surface area contributed by atoms with Crippen molar-refractivity contribution in [3.05, 3.63) is 12.2 Å². The van der Waals surface area contributed by atoms with Crippen molar-refractivity contribution in [3.63, 3.8) is 0 Å². The van der Waals surface area contributed by atoms with Crippen molar-refractivity contribution in [1.82, 2.24) is 0 Å². The first-order valence-corrected chi connectivity index (χ1v) is 31.7. The zero-order valence-corrected chi connectivity index (χ0v) is 47.6. The van der Waals surface area contributed by atoms with Gasteiger partial charge in [-0.05, 0) is 44.9 Å². The number of carbonyl (C=O) groups excluding carboxylic acids is 3. The van der Waals surface area contributed by atoms with Crippen LogP contribution in [0.2, 0.25) is 0 Å². The summed E-state index contributed by atoms with van der Waals surface area (Å²) in [4.78, 5) is 37.9. The molecule has 6 nitrogen and oxygen atoms in total. The van der Waals surface area contributed by atoms with Crippen LogP contribution in [0.3, 0.4) is 0 Å². The molecule has 0 spiro atoms. The van der Waals surface area contributed by atoms with E-state index >= 15 is 0 Å². The van der Waals surface area contributed by atoms with Crippen molar-refractivity contribution in [2.75, 3.05) is 13.2 Å². The van der Waals surface area contributed by atoms with Crippen molar-refractivity contribution >= 4 is 17.9 Å². The monoisotopic (exact) mass is 987 g/mol. The largest absolute Gasteiger partial charge is 0.462 e. The lowest BCUT2D eigenvalue weighted by molar-refractivity contribution is -0.167. The van der Waals surface area contributed by atoms with E-state index in [1.54, 1.807) is 0 Å². The molecule has 0 saturated carbocycles. The lowest BCUT2D eigenvalue weighted by Crippen LogP contribution is -2.30. The summed E-state index contributed by atoms with van der Waals surface area (Å²) in [6, 6.07) is 0. The second-order valence-electron chi connectivity index (χ2n) is 21.7. The van der Waals surface area contributed by atoms with E-state index in [4.69, 9.17) is 14.2 Å². The Bertz CT molecular complexity index is 1090. The Balaban J connectivity index is 3.98. The van der Waals surface area contributed by atoms with E-state index in [1.165, 1.54) is 257 Å². The van der Waals surface area contributed by atoms with Gasteiger partial charge in [0.2, 0.25) is 0 Å². The van der Waals surface area contributed by atoms with Crippen LogP contribution in [0.15, 0.2) is 12.2 Å². The SMILES string of the molecule is CCCCCCCCCC/C=C\CCCCCCCCCCCCCCCC(=O)OCC(COC(=O)CCCCCCC)OC(=O)CCCCCCCCCCCCCCCCCCCCCCCC. The number of ether oxygens (including phenoxy) is 3. The molecule has 0 rings (SSSR count). The van der Waals surface area contributed by atoms with Crippen molar-refractivity contribution in [2.24, 2.45) is 0 Å². The van der Waals surface area contributed by atoms with Gasteiger partial charge < -0.3 is 14.2 Å². The predicted octanol–water partition coefficient (Wildman–Crippen LogP) is 21.3. The minimum absolute atomic E-state index is 0.0650. The molecule has 0 amide bonds. The fraction of sp³-hybridized carbons (Fsp3) is 0.922. The zero-order chi connectivity index (χ0) is 50.7. The van der Waals surface area contributed by atoms with Gasteiger partial charge in [-0.15, -0.1) is 0 Å². The Labute approximate surface area is 437 Å². The highest BCUT2D eigenvalue weighted by Gasteiger charge is 2.19. The summed E-state index contributed by atoms with van der Waals surface area (Å²) < 4.78 is 16.8. The van der Waals surface area contributed by atoms with Crippen LogP contribution in [-0.2, 0) is 28.6 Å². The van der Waals surface area contributed by atoms with Crippen LogP contribution in [0.4, 0.5) is 0 Å². The fourth-order valence-corrected chi connectivity index (χ4v) is 9.74. The lowest BCUT2D eigenvalue weighted by atomic mass is 10.0. The van der Waals surface area contributed by atoms with Gasteiger partial charge >= 0.3 is 17.9 Å². The topological polar surface area (TPSA) is 78.9 Å². The van der Waals surface area contributed by atoms with Crippen molar-refractivity contribution in [3.8, 4) is 0 Å². The van der Waals surface area contributed by atoms with Gasteiger partial charge in [0.15, 0.2) is 6.10 Å². The van der Waals surface area contributed by atoms with Crippen LogP contribution >= 0.6 is 0 Å². The summed E-state index contributed by atoms with van der Waals surface area (Å²) in [6.45, 7) is 6.63. The highest BCUT2D eigenvalue weighted by molar-refractivity contribution is 5.71. The molecule has 0 aromatic rings. The Hall–Kier alpha value is -1.85. The molecule has 1 unspecified atom stereocenters. The maximum Gasteiger partial charge on any atom is 0.306 e. The van der Waals surface area contributed by atoms with E-state index in [-0.39, 0.29) is 31.1 Å². The van der Waals surface area contributed by atoms with Crippen LogP contribution in [-0.4, -0.2) is 37.2 Å². The lowest BCUT2D eigenvalue weighted by Gasteiger charge is -2.18. The molecule has 0 aromatic carbocycles. The summed E-state index contributed by atoms with van der Waals surface area (Å²) in [7, 11) is 0. The molecule has 0 aliphatic rings. The number of esters is 3. The number of carbonyl (C=O) groups is 3. The standard InChI is InChI=1S/C64H122O6/c1-4-7-10-13-15-17-19-21-23-25-27-29-31-32-33-35-36-38-40-42-44-46-48-51-54-57-63(66)69-60-61(59-68-62(65)56-53-50-12-9-6-3)70-64(67)58-55-52-49-47-45-43-41-39-37-34-30-28-26-24-22-20-18-16-14-11-8-5-2/h25,27,61H,4-24,26,28-60H2,1-3H3/b27-25-. The molecule has 0 N–H and O–H groups in total. The predicted molar refractivity (Wildman–Crippen MR) is 303 cm³/mol. The minimum Gasteiger partial charge on any atom is -0.462 e. The van der Waals surface area contributed by atoms with Gasteiger partial charge in [-0.25, -0.2) is 0 Å². The van der Waals surface area contributed by atoms with Crippen LogP contribution in [0.25, 0.3) is 0 Å². The van der Waals surface area contributed by atoms with E-state index in [9.17, 15) is 14.4 Å². The van der Waals surface area contributed by atoms with E-state index in [1.807, 2.05) is 0 Å². The first-order chi connectivity index (χ1) is 34.5. The highest BCUT2D eigenvalue weighted by atomic mass is 16.6. The molecular weight excluding hydrogens is 865 g/mol. The molecule has 6 heteroatoms. The van der Waals surface area contributed by atoms with Gasteiger partial charge in [-0.2, -0.15) is 0 Å². The summed E-state index contributed by atoms with van der Waals surface area (Å²) in [5.74, 6) is -0.853. The molecular formula is C64H122O6. The summed E-state index contributed by atoms with van der Waals surface area (Å²) >= 11 is 0. The van der Waals surface area contributed by atoms with Gasteiger partial charge in [-0.3, -0.25) is 14.4 Å².